The van der Waals surface area contributed by atoms with Crippen LogP contribution in [-0.4, -0.2) is 12.1 Å². The number of hydrogen-bond donors (Lipinski definition) is 2. The molecule has 0 saturated carbocycles. The van der Waals surface area contributed by atoms with E-state index >= 15 is 0 Å². The normalized spacial score (nSPS) is 18.9. The Bertz CT molecular complexity index is 43.3. The molecule has 0 unspecified atom stereocenters. The van der Waals surface area contributed by atoms with Gasteiger partial charge in [0.2, 0.25) is 0 Å². The molecular weight excluding hydrogens is 88.1 g/mol. The standard InChI is InChI=1S/C5H14N2/c1-3-5(7)4(2)6/h4-5H,3,6-7H2,1-2H3/t4-,5+/m1/s1. The molecule has 7 heavy (non-hydrogen) atoms. The third-order valence-corrected chi connectivity index (χ3v) is 1.15. The molecule has 44 valence electrons. The van der Waals surface area contributed by atoms with Crippen LogP contribution in [0.4, 0.5) is 0 Å². The van der Waals surface area contributed by atoms with Gasteiger partial charge in [-0.15, -0.1) is 0 Å². The molecule has 2 heteroatoms. The molecule has 2 nitrogen and oxygen atoms in total. The van der Waals surface area contributed by atoms with Gasteiger partial charge in [-0.25, -0.2) is 0 Å². The Morgan fingerprint density at radius 2 is 1.86 bits per heavy atom. The van der Waals surface area contributed by atoms with E-state index in [1.807, 2.05) is 13.8 Å². The molecule has 0 aromatic heterocycles. The van der Waals surface area contributed by atoms with Crippen LogP contribution in [0, 0.1) is 0 Å². The minimum absolute atomic E-state index is 0.144. The lowest BCUT2D eigenvalue weighted by Crippen LogP contribution is -2.38. The van der Waals surface area contributed by atoms with E-state index < -0.39 is 0 Å². The second-order valence-electron chi connectivity index (χ2n) is 1.93. The van der Waals surface area contributed by atoms with Crippen LogP contribution < -0.4 is 11.5 Å². The summed E-state index contributed by atoms with van der Waals surface area (Å²) in [5, 5.41) is 0. The van der Waals surface area contributed by atoms with E-state index in [0.29, 0.717) is 0 Å². The van der Waals surface area contributed by atoms with E-state index in [-0.39, 0.29) is 12.1 Å². The zero-order valence-corrected chi connectivity index (χ0v) is 5.02. The van der Waals surface area contributed by atoms with Crippen LogP contribution in [0.1, 0.15) is 20.3 Å². The van der Waals surface area contributed by atoms with Crippen molar-refractivity contribution >= 4 is 0 Å². The number of nitrogens with two attached hydrogens (primary N) is 2. The Hall–Kier alpha value is -0.0800. The average molecular weight is 102 g/mol. The first-order valence-corrected chi connectivity index (χ1v) is 2.69. The summed E-state index contributed by atoms with van der Waals surface area (Å²) in [6.45, 7) is 3.96. The van der Waals surface area contributed by atoms with Crippen LogP contribution >= 0.6 is 0 Å². The minimum atomic E-state index is 0.144. The van der Waals surface area contributed by atoms with E-state index in [2.05, 4.69) is 0 Å². The van der Waals surface area contributed by atoms with Crippen molar-refractivity contribution in [3.8, 4) is 0 Å². The molecule has 0 aliphatic rings. The zero-order valence-electron chi connectivity index (χ0n) is 5.02. The first-order chi connectivity index (χ1) is 3.18. The van der Waals surface area contributed by atoms with Crippen LogP contribution in [0.5, 0.6) is 0 Å². The fraction of sp³-hybridized carbons (Fsp3) is 1.00. The molecule has 4 N–H and O–H groups in total. The van der Waals surface area contributed by atoms with Crippen molar-refractivity contribution in [3.05, 3.63) is 0 Å². The fourth-order valence-electron chi connectivity index (χ4n) is 0.372. The van der Waals surface area contributed by atoms with Gasteiger partial charge in [0.05, 0.1) is 0 Å². The van der Waals surface area contributed by atoms with Gasteiger partial charge < -0.3 is 11.5 Å². The molecule has 0 aliphatic heterocycles. The maximum absolute atomic E-state index is 5.49. The molecule has 0 saturated heterocycles. The molecule has 0 amide bonds. The summed E-state index contributed by atoms with van der Waals surface area (Å²) in [4.78, 5) is 0. The highest BCUT2D eigenvalue weighted by molar-refractivity contribution is 4.67. The van der Waals surface area contributed by atoms with Crippen molar-refractivity contribution in [2.75, 3.05) is 0 Å². The molecular formula is C5H14N2. The highest BCUT2D eigenvalue weighted by atomic mass is 14.8. The third-order valence-electron chi connectivity index (χ3n) is 1.15. The Kier molecular flexibility index (Phi) is 2.96. The maximum Gasteiger partial charge on any atom is 0.0186 e. The summed E-state index contributed by atoms with van der Waals surface area (Å²) in [7, 11) is 0. The van der Waals surface area contributed by atoms with E-state index in [4.69, 9.17) is 11.5 Å². The molecule has 0 fully saturated rings. The quantitative estimate of drug-likeness (QED) is 0.518. The highest BCUT2D eigenvalue weighted by Crippen LogP contribution is 1.88. The van der Waals surface area contributed by atoms with Crippen LogP contribution in [0.15, 0.2) is 0 Å². The summed E-state index contributed by atoms with van der Waals surface area (Å²) < 4.78 is 0. The Balaban J connectivity index is 3.14. The molecule has 0 rings (SSSR count). The summed E-state index contributed by atoms with van der Waals surface area (Å²) in [5.74, 6) is 0. The second kappa shape index (κ2) is 2.99. The molecule has 0 spiro atoms. The van der Waals surface area contributed by atoms with E-state index in [1.165, 1.54) is 0 Å². The van der Waals surface area contributed by atoms with Crippen LogP contribution in [0.25, 0.3) is 0 Å². The van der Waals surface area contributed by atoms with E-state index in [9.17, 15) is 0 Å². The highest BCUT2D eigenvalue weighted by Gasteiger charge is 2.01. The van der Waals surface area contributed by atoms with Gasteiger partial charge in [0.25, 0.3) is 0 Å². The predicted octanol–water partition coefficient (Wildman–Crippen LogP) is 0.0709. The van der Waals surface area contributed by atoms with Gasteiger partial charge in [0.1, 0.15) is 0 Å². The van der Waals surface area contributed by atoms with Crippen molar-refractivity contribution in [1.82, 2.24) is 0 Å². The lowest BCUT2D eigenvalue weighted by molar-refractivity contribution is 0.545. The summed E-state index contributed by atoms with van der Waals surface area (Å²) in [6, 6.07) is 0.324. The Labute approximate surface area is 44.9 Å². The fourth-order valence-corrected chi connectivity index (χ4v) is 0.372. The Morgan fingerprint density at radius 1 is 1.43 bits per heavy atom. The van der Waals surface area contributed by atoms with Crippen molar-refractivity contribution in [2.45, 2.75) is 32.4 Å². The zero-order chi connectivity index (χ0) is 5.86. The predicted molar refractivity (Wildman–Crippen MR) is 31.9 cm³/mol. The molecule has 2 atom stereocenters. The summed E-state index contributed by atoms with van der Waals surface area (Å²) in [5.41, 5.74) is 10.9. The maximum atomic E-state index is 5.49. The molecule has 0 aliphatic carbocycles. The van der Waals surface area contributed by atoms with E-state index in [1.54, 1.807) is 0 Å². The van der Waals surface area contributed by atoms with E-state index in [0.717, 1.165) is 6.42 Å². The topological polar surface area (TPSA) is 52.0 Å². The minimum Gasteiger partial charge on any atom is -0.327 e. The second-order valence-corrected chi connectivity index (χ2v) is 1.93. The summed E-state index contributed by atoms with van der Waals surface area (Å²) in [6.07, 6.45) is 0.970. The molecule has 0 heterocycles. The van der Waals surface area contributed by atoms with Crippen LogP contribution in [0.2, 0.25) is 0 Å². The van der Waals surface area contributed by atoms with Gasteiger partial charge in [-0.05, 0) is 13.3 Å². The van der Waals surface area contributed by atoms with Gasteiger partial charge in [-0.3, -0.25) is 0 Å². The first-order valence-electron chi connectivity index (χ1n) is 2.69. The monoisotopic (exact) mass is 102 g/mol. The van der Waals surface area contributed by atoms with Gasteiger partial charge in [0, 0.05) is 12.1 Å². The first kappa shape index (κ1) is 6.92. The van der Waals surface area contributed by atoms with Gasteiger partial charge in [-0.1, -0.05) is 6.92 Å². The summed E-state index contributed by atoms with van der Waals surface area (Å²) >= 11 is 0. The molecule has 0 radical (unpaired) electrons. The van der Waals surface area contributed by atoms with Crippen LogP contribution in [-0.2, 0) is 0 Å². The van der Waals surface area contributed by atoms with Crippen molar-refractivity contribution in [3.63, 3.8) is 0 Å². The van der Waals surface area contributed by atoms with Crippen molar-refractivity contribution in [1.29, 1.82) is 0 Å². The smallest absolute Gasteiger partial charge is 0.0186 e. The molecule has 0 aromatic carbocycles. The molecule has 0 aromatic rings. The lowest BCUT2D eigenvalue weighted by atomic mass is 10.1. The third kappa shape index (κ3) is 2.60. The van der Waals surface area contributed by atoms with Crippen molar-refractivity contribution < 1.29 is 0 Å². The lowest BCUT2D eigenvalue weighted by Gasteiger charge is -2.11. The SMILES string of the molecule is CC[C@H](N)[C@@H](C)N. The van der Waals surface area contributed by atoms with Gasteiger partial charge in [-0.2, -0.15) is 0 Å². The molecule has 0 bridgehead atoms. The number of rotatable bonds is 2. The van der Waals surface area contributed by atoms with Gasteiger partial charge >= 0.3 is 0 Å². The Morgan fingerprint density at radius 3 is 1.86 bits per heavy atom. The number of hydrogen-bond acceptors (Lipinski definition) is 2. The van der Waals surface area contributed by atoms with Crippen LogP contribution in [0.3, 0.4) is 0 Å². The average Bonchev–Trinajstić information content (AvgIpc) is 1.65. The van der Waals surface area contributed by atoms with Crippen molar-refractivity contribution in [2.24, 2.45) is 11.5 Å². The van der Waals surface area contributed by atoms with Gasteiger partial charge in [0.15, 0.2) is 0 Å². The largest absolute Gasteiger partial charge is 0.327 e.